The molecule has 1 atom stereocenters. The number of carbonyl (C=O) groups is 2. The third-order valence-corrected chi connectivity index (χ3v) is 6.45. The van der Waals surface area contributed by atoms with Gasteiger partial charge in [-0.15, -0.1) is 16.8 Å². The molecule has 8 heteroatoms. The zero-order valence-corrected chi connectivity index (χ0v) is 20.7. The topological polar surface area (TPSA) is 88.9 Å². The van der Waals surface area contributed by atoms with Gasteiger partial charge in [-0.3, -0.25) is 14.2 Å². The van der Waals surface area contributed by atoms with E-state index in [1.165, 1.54) is 11.8 Å². The average molecular weight is 498 g/mol. The number of para-hydroxylation sites is 1. The molecule has 0 spiro atoms. The lowest BCUT2D eigenvalue weighted by Crippen LogP contribution is -2.28. The summed E-state index contributed by atoms with van der Waals surface area (Å²) in [6.07, 6.45) is 1.77. The Morgan fingerprint density at radius 3 is 2.36 bits per heavy atom. The third-order valence-electron chi connectivity index (χ3n) is 5.49. The summed E-state index contributed by atoms with van der Waals surface area (Å²) in [6, 6.07) is 26.3. The van der Waals surface area contributed by atoms with Gasteiger partial charge in [0.15, 0.2) is 11.0 Å². The zero-order valence-electron chi connectivity index (χ0n) is 19.9. The van der Waals surface area contributed by atoms with E-state index in [0.717, 1.165) is 11.1 Å². The molecule has 1 unspecified atom stereocenters. The van der Waals surface area contributed by atoms with Crippen molar-refractivity contribution in [3.05, 3.63) is 109 Å². The maximum Gasteiger partial charge on any atom is 0.253 e. The number of allylic oxidation sites excluding steroid dienone is 1. The van der Waals surface area contributed by atoms with Gasteiger partial charge in [-0.2, -0.15) is 0 Å². The highest BCUT2D eigenvalue weighted by Crippen LogP contribution is 2.25. The molecule has 2 N–H and O–H groups in total. The molecule has 0 bridgehead atoms. The van der Waals surface area contributed by atoms with Crippen molar-refractivity contribution in [1.82, 2.24) is 20.1 Å². The van der Waals surface area contributed by atoms with Crippen LogP contribution in [0.3, 0.4) is 0 Å². The van der Waals surface area contributed by atoms with E-state index in [2.05, 4.69) is 27.4 Å². The predicted octanol–water partition coefficient (Wildman–Crippen LogP) is 5.35. The zero-order chi connectivity index (χ0) is 25.3. The van der Waals surface area contributed by atoms with Gasteiger partial charge in [0.1, 0.15) is 0 Å². The van der Waals surface area contributed by atoms with Gasteiger partial charge >= 0.3 is 0 Å². The summed E-state index contributed by atoms with van der Waals surface area (Å²) < 4.78 is 1.92. The Morgan fingerprint density at radius 2 is 1.64 bits per heavy atom. The SMILES string of the molecule is C=CCn1c(SCC(=O)Nc2ccccc2C(=O)NC(C)c2ccccc2)nnc1-c1ccccc1. The molecule has 0 saturated carbocycles. The largest absolute Gasteiger partial charge is 0.345 e. The van der Waals surface area contributed by atoms with Gasteiger partial charge in [0.05, 0.1) is 23.0 Å². The van der Waals surface area contributed by atoms with Gasteiger partial charge in [0, 0.05) is 12.1 Å². The van der Waals surface area contributed by atoms with Crippen LogP contribution in [0.25, 0.3) is 11.4 Å². The summed E-state index contributed by atoms with van der Waals surface area (Å²) in [7, 11) is 0. The summed E-state index contributed by atoms with van der Waals surface area (Å²) in [5, 5.41) is 15.1. The van der Waals surface area contributed by atoms with Crippen molar-refractivity contribution in [2.45, 2.75) is 24.7 Å². The van der Waals surface area contributed by atoms with E-state index in [9.17, 15) is 9.59 Å². The minimum atomic E-state index is -0.256. The Kier molecular flexibility index (Phi) is 8.31. The molecule has 2 amide bonds. The lowest BCUT2D eigenvalue weighted by atomic mass is 10.1. The second-order valence-electron chi connectivity index (χ2n) is 8.06. The third kappa shape index (κ3) is 6.09. The Morgan fingerprint density at radius 1 is 0.972 bits per heavy atom. The van der Waals surface area contributed by atoms with Gasteiger partial charge in [0.25, 0.3) is 5.91 Å². The quantitative estimate of drug-likeness (QED) is 0.228. The number of nitrogens with one attached hydrogen (secondary N) is 2. The molecule has 0 aliphatic carbocycles. The van der Waals surface area contributed by atoms with Crippen molar-refractivity contribution >= 4 is 29.3 Å². The van der Waals surface area contributed by atoms with Crippen molar-refractivity contribution in [2.24, 2.45) is 0 Å². The van der Waals surface area contributed by atoms with Gasteiger partial charge in [-0.25, -0.2) is 0 Å². The number of aromatic nitrogens is 3. The first-order chi connectivity index (χ1) is 17.6. The van der Waals surface area contributed by atoms with Crippen LogP contribution in [0, 0.1) is 0 Å². The molecule has 3 aromatic carbocycles. The van der Waals surface area contributed by atoms with Crippen molar-refractivity contribution < 1.29 is 9.59 Å². The van der Waals surface area contributed by atoms with E-state index < -0.39 is 0 Å². The number of nitrogens with zero attached hydrogens (tertiary/aromatic N) is 3. The van der Waals surface area contributed by atoms with Crippen molar-refractivity contribution in [3.63, 3.8) is 0 Å². The van der Waals surface area contributed by atoms with Crippen molar-refractivity contribution in [1.29, 1.82) is 0 Å². The first-order valence-corrected chi connectivity index (χ1v) is 12.5. The van der Waals surface area contributed by atoms with Crippen LogP contribution in [0.4, 0.5) is 5.69 Å². The van der Waals surface area contributed by atoms with Crippen molar-refractivity contribution in [2.75, 3.05) is 11.1 Å². The van der Waals surface area contributed by atoms with Gasteiger partial charge in [0.2, 0.25) is 5.91 Å². The van der Waals surface area contributed by atoms with Crippen LogP contribution in [-0.4, -0.2) is 32.3 Å². The van der Waals surface area contributed by atoms with Gasteiger partial charge in [-0.05, 0) is 24.6 Å². The Balaban J connectivity index is 1.42. The number of benzene rings is 3. The number of hydrogen-bond donors (Lipinski definition) is 2. The second-order valence-corrected chi connectivity index (χ2v) is 9.00. The van der Waals surface area contributed by atoms with Crippen LogP contribution in [-0.2, 0) is 11.3 Å². The molecule has 182 valence electrons. The average Bonchev–Trinajstić information content (AvgIpc) is 3.31. The number of rotatable bonds is 10. The van der Waals surface area contributed by atoms with Crippen LogP contribution in [0.15, 0.2) is 103 Å². The van der Waals surface area contributed by atoms with Crippen LogP contribution < -0.4 is 10.6 Å². The molecule has 1 aromatic heterocycles. The van der Waals surface area contributed by atoms with E-state index in [4.69, 9.17) is 0 Å². The summed E-state index contributed by atoms with van der Waals surface area (Å²) >= 11 is 1.28. The number of anilines is 1. The monoisotopic (exact) mass is 497 g/mol. The number of carbonyl (C=O) groups excluding carboxylic acids is 2. The van der Waals surface area contributed by atoms with Crippen LogP contribution in [0.2, 0.25) is 0 Å². The van der Waals surface area contributed by atoms with E-state index in [1.807, 2.05) is 72.2 Å². The molecular weight excluding hydrogens is 470 g/mol. The molecular formula is C28H27N5O2S. The summed E-state index contributed by atoms with van der Waals surface area (Å²) in [5.41, 5.74) is 2.80. The molecule has 36 heavy (non-hydrogen) atoms. The summed E-state index contributed by atoms with van der Waals surface area (Å²) in [5.74, 6) is 0.326. The maximum atomic E-state index is 13.0. The highest BCUT2D eigenvalue weighted by Gasteiger charge is 2.18. The Hall–Kier alpha value is -4.17. The molecule has 1 heterocycles. The fourth-order valence-corrected chi connectivity index (χ4v) is 4.44. The molecule has 4 rings (SSSR count). The van der Waals surface area contributed by atoms with Crippen LogP contribution in [0.1, 0.15) is 28.9 Å². The Bertz CT molecular complexity index is 1340. The first-order valence-electron chi connectivity index (χ1n) is 11.5. The standard InChI is InChI=1S/C28H27N5O2S/c1-3-18-33-26(22-14-8-5-9-15-22)31-32-28(33)36-19-25(34)30-24-17-11-10-16-23(24)27(35)29-20(2)21-12-6-4-7-13-21/h3-17,20H,1,18-19H2,2H3,(H,29,35)(H,30,34). The van der Waals surface area contributed by atoms with Crippen LogP contribution >= 0.6 is 11.8 Å². The van der Waals surface area contributed by atoms with E-state index in [-0.39, 0.29) is 23.6 Å². The molecule has 4 aromatic rings. The second kappa shape index (κ2) is 12.0. The van der Waals surface area contributed by atoms with E-state index >= 15 is 0 Å². The normalized spacial score (nSPS) is 11.5. The molecule has 0 saturated heterocycles. The number of hydrogen-bond acceptors (Lipinski definition) is 5. The van der Waals surface area contributed by atoms with E-state index in [0.29, 0.717) is 28.8 Å². The number of amides is 2. The molecule has 7 nitrogen and oxygen atoms in total. The maximum absolute atomic E-state index is 13.0. The minimum Gasteiger partial charge on any atom is -0.345 e. The molecule has 0 fully saturated rings. The Labute approximate surface area is 214 Å². The highest BCUT2D eigenvalue weighted by atomic mass is 32.2. The fourth-order valence-electron chi connectivity index (χ4n) is 3.70. The van der Waals surface area contributed by atoms with E-state index in [1.54, 1.807) is 30.3 Å². The number of thioether (sulfide) groups is 1. The molecule has 0 aliphatic heterocycles. The van der Waals surface area contributed by atoms with Crippen molar-refractivity contribution in [3.8, 4) is 11.4 Å². The molecule has 0 radical (unpaired) electrons. The first kappa shape index (κ1) is 24.9. The van der Waals surface area contributed by atoms with Crippen LogP contribution in [0.5, 0.6) is 0 Å². The highest BCUT2D eigenvalue weighted by molar-refractivity contribution is 7.99. The summed E-state index contributed by atoms with van der Waals surface area (Å²) in [6.45, 7) is 6.27. The lowest BCUT2D eigenvalue weighted by molar-refractivity contribution is -0.113. The lowest BCUT2D eigenvalue weighted by Gasteiger charge is -2.16. The van der Waals surface area contributed by atoms with Gasteiger partial charge in [-0.1, -0.05) is 90.6 Å². The fraction of sp³-hybridized carbons (Fsp3) is 0.143. The summed E-state index contributed by atoms with van der Waals surface area (Å²) in [4.78, 5) is 25.8. The molecule has 0 aliphatic rings. The predicted molar refractivity (Wildman–Crippen MR) is 144 cm³/mol. The van der Waals surface area contributed by atoms with Gasteiger partial charge < -0.3 is 10.6 Å². The smallest absolute Gasteiger partial charge is 0.253 e. The minimum absolute atomic E-state index is 0.112.